The summed E-state index contributed by atoms with van der Waals surface area (Å²) in [6, 6.07) is 19.9. The molecule has 0 aliphatic carbocycles. The molecule has 3 rings (SSSR count). The van der Waals surface area contributed by atoms with E-state index < -0.39 is 0 Å². The Bertz CT molecular complexity index is 765. The Labute approximate surface area is 127 Å². The van der Waals surface area contributed by atoms with Gasteiger partial charge in [0, 0.05) is 16.3 Å². The third-order valence-corrected chi connectivity index (χ3v) is 3.21. The van der Waals surface area contributed by atoms with Gasteiger partial charge in [-0.3, -0.25) is 4.79 Å². The van der Waals surface area contributed by atoms with Crippen LogP contribution >= 0.6 is 11.6 Å². The van der Waals surface area contributed by atoms with E-state index in [1.165, 1.54) is 0 Å². The maximum absolute atomic E-state index is 12.1. The van der Waals surface area contributed by atoms with Crippen LogP contribution in [0.2, 0.25) is 5.02 Å². The second kappa shape index (κ2) is 5.85. The molecule has 0 atom stereocenters. The van der Waals surface area contributed by atoms with Crippen molar-refractivity contribution in [1.82, 2.24) is 0 Å². The summed E-state index contributed by atoms with van der Waals surface area (Å²) >= 11 is 5.95. The first-order valence-electron chi connectivity index (χ1n) is 6.44. The molecule has 0 saturated carbocycles. The largest absolute Gasteiger partial charge is 0.451 e. The lowest BCUT2D eigenvalue weighted by Crippen LogP contribution is -2.10. The minimum Gasteiger partial charge on any atom is -0.451 e. The van der Waals surface area contributed by atoms with Gasteiger partial charge in [-0.15, -0.1) is 0 Å². The van der Waals surface area contributed by atoms with Crippen molar-refractivity contribution in [3.05, 3.63) is 77.5 Å². The molecule has 3 nitrogen and oxygen atoms in total. The summed E-state index contributed by atoms with van der Waals surface area (Å²) in [5.74, 6) is 0.582. The Hall–Kier alpha value is -2.52. The molecular formula is C17H12ClNO2. The predicted molar refractivity (Wildman–Crippen MR) is 83.5 cm³/mol. The SMILES string of the molecule is O=C(Nc1ccccc1)c1ccc(-c2cccc(Cl)c2)o1. The molecule has 0 spiro atoms. The highest BCUT2D eigenvalue weighted by Crippen LogP contribution is 2.25. The Kier molecular flexibility index (Phi) is 3.75. The van der Waals surface area contributed by atoms with E-state index in [-0.39, 0.29) is 11.7 Å². The van der Waals surface area contributed by atoms with E-state index in [1.54, 1.807) is 24.3 Å². The number of nitrogens with one attached hydrogen (secondary N) is 1. The molecule has 0 fully saturated rings. The quantitative estimate of drug-likeness (QED) is 0.750. The third-order valence-electron chi connectivity index (χ3n) is 2.97. The fourth-order valence-electron chi connectivity index (χ4n) is 1.97. The Morgan fingerprint density at radius 3 is 2.52 bits per heavy atom. The van der Waals surface area contributed by atoms with Gasteiger partial charge in [-0.25, -0.2) is 0 Å². The molecule has 1 amide bonds. The molecular weight excluding hydrogens is 286 g/mol. The van der Waals surface area contributed by atoms with Gasteiger partial charge in [0.2, 0.25) is 0 Å². The first-order valence-corrected chi connectivity index (χ1v) is 6.82. The van der Waals surface area contributed by atoms with Crippen molar-refractivity contribution in [3.8, 4) is 11.3 Å². The first kappa shape index (κ1) is 13.5. The molecule has 104 valence electrons. The number of hydrogen-bond donors (Lipinski definition) is 1. The summed E-state index contributed by atoms with van der Waals surface area (Å²) in [7, 11) is 0. The standard InChI is InChI=1S/C17H12ClNO2/c18-13-6-4-5-12(11-13)15-9-10-16(21-15)17(20)19-14-7-2-1-3-8-14/h1-11H,(H,19,20). The average molecular weight is 298 g/mol. The molecule has 0 bridgehead atoms. The molecule has 2 aromatic carbocycles. The highest BCUT2D eigenvalue weighted by molar-refractivity contribution is 6.30. The Morgan fingerprint density at radius 1 is 0.952 bits per heavy atom. The van der Waals surface area contributed by atoms with E-state index in [9.17, 15) is 4.79 Å². The van der Waals surface area contributed by atoms with Gasteiger partial charge in [0.15, 0.2) is 5.76 Å². The Morgan fingerprint density at radius 2 is 1.76 bits per heavy atom. The smallest absolute Gasteiger partial charge is 0.291 e. The van der Waals surface area contributed by atoms with Crippen molar-refractivity contribution in [2.24, 2.45) is 0 Å². The van der Waals surface area contributed by atoms with Crippen molar-refractivity contribution in [3.63, 3.8) is 0 Å². The van der Waals surface area contributed by atoms with Crippen LogP contribution in [-0.2, 0) is 0 Å². The lowest BCUT2D eigenvalue weighted by Gasteiger charge is -2.02. The highest BCUT2D eigenvalue weighted by atomic mass is 35.5. The maximum Gasteiger partial charge on any atom is 0.291 e. The van der Waals surface area contributed by atoms with Gasteiger partial charge in [-0.05, 0) is 36.4 Å². The number of amides is 1. The topological polar surface area (TPSA) is 42.2 Å². The van der Waals surface area contributed by atoms with Gasteiger partial charge in [0.25, 0.3) is 5.91 Å². The molecule has 1 heterocycles. The summed E-state index contributed by atoms with van der Waals surface area (Å²) in [6.45, 7) is 0. The van der Waals surface area contributed by atoms with Gasteiger partial charge in [-0.2, -0.15) is 0 Å². The summed E-state index contributed by atoms with van der Waals surface area (Å²) < 4.78 is 5.59. The molecule has 0 saturated heterocycles. The molecule has 1 aromatic heterocycles. The monoisotopic (exact) mass is 297 g/mol. The number of carbonyl (C=O) groups is 1. The van der Waals surface area contributed by atoms with Crippen LogP contribution in [-0.4, -0.2) is 5.91 Å². The number of carbonyl (C=O) groups excluding carboxylic acids is 1. The normalized spacial score (nSPS) is 10.3. The van der Waals surface area contributed by atoms with Crippen LogP contribution in [0.5, 0.6) is 0 Å². The number of benzene rings is 2. The number of para-hydroxylation sites is 1. The molecule has 0 unspecified atom stereocenters. The zero-order chi connectivity index (χ0) is 14.7. The van der Waals surface area contributed by atoms with Crippen molar-refractivity contribution < 1.29 is 9.21 Å². The van der Waals surface area contributed by atoms with Gasteiger partial charge in [0.1, 0.15) is 5.76 Å². The van der Waals surface area contributed by atoms with E-state index >= 15 is 0 Å². The fourth-order valence-corrected chi connectivity index (χ4v) is 2.16. The fraction of sp³-hybridized carbons (Fsp3) is 0. The second-order valence-electron chi connectivity index (χ2n) is 4.49. The molecule has 0 radical (unpaired) electrons. The lowest BCUT2D eigenvalue weighted by atomic mass is 10.2. The van der Waals surface area contributed by atoms with Crippen LogP contribution in [0, 0.1) is 0 Å². The minimum absolute atomic E-state index is 0.258. The average Bonchev–Trinajstić information content (AvgIpc) is 2.98. The number of hydrogen-bond acceptors (Lipinski definition) is 2. The van der Waals surface area contributed by atoms with Crippen LogP contribution in [0.1, 0.15) is 10.6 Å². The molecule has 0 aliphatic heterocycles. The Balaban J connectivity index is 1.80. The lowest BCUT2D eigenvalue weighted by molar-refractivity contribution is 0.0997. The summed E-state index contributed by atoms with van der Waals surface area (Å²) in [4.78, 5) is 12.1. The van der Waals surface area contributed by atoms with Crippen LogP contribution in [0.15, 0.2) is 71.1 Å². The molecule has 21 heavy (non-hydrogen) atoms. The maximum atomic E-state index is 12.1. The predicted octanol–water partition coefficient (Wildman–Crippen LogP) is 4.85. The molecule has 1 N–H and O–H groups in total. The zero-order valence-corrected chi connectivity index (χ0v) is 11.8. The van der Waals surface area contributed by atoms with Crippen LogP contribution in [0.3, 0.4) is 0 Å². The summed E-state index contributed by atoms with van der Waals surface area (Å²) in [5, 5.41) is 3.40. The van der Waals surface area contributed by atoms with Gasteiger partial charge >= 0.3 is 0 Å². The van der Waals surface area contributed by atoms with Gasteiger partial charge < -0.3 is 9.73 Å². The molecule has 3 aromatic rings. The minimum atomic E-state index is -0.283. The molecule has 4 heteroatoms. The van der Waals surface area contributed by atoms with E-state index in [0.29, 0.717) is 10.8 Å². The van der Waals surface area contributed by atoms with Crippen molar-refractivity contribution in [2.45, 2.75) is 0 Å². The number of halogens is 1. The van der Waals surface area contributed by atoms with E-state index in [4.69, 9.17) is 16.0 Å². The first-order chi connectivity index (χ1) is 10.2. The van der Waals surface area contributed by atoms with Gasteiger partial charge in [0.05, 0.1) is 0 Å². The molecule has 0 aliphatic rings. The number of rotatable bonds is 3. The second-order valence-corrected chi connectivity index (χ2v) is 4.93. The van der Waals surface area contributed by atoms with E-state index in [0.717, 1.165) is 11.3 Å². The van der Waals surface area contributed by atoms with Crippen molar-refractivity contribution in [2.75, 3.05) is 5.32 Å². The number of anilines is 1. The number of furan rings is 1. The highest BCUT2D eigenvalue weighted by Gasteiger charge is 2.12. The third kappa shape index (κ3) is 3.15. The van der Waals surface area contributed by atoms with Crippen LogP contribution < -0.4 is 5.32 Å². The van der Waals surface area contributed by atoms with Crippen LogP contribution in [0.4, 0.5) is 5.69 Å². The van der Waals surface area contributed by atoms with Gasteiger partial charge in [-0.1, -0.05) is 41.9 Å². The summed E-state index contributed by atoms with van der Waals surface area (Å²) in [6.07, 6.45) is 0. The van der Waals surface area contributed by atoms with Crippen molar-refractivity contribution >= 4 is 23.2 Å². The zero-order valence-electron chi connectivity index (χ0n) is 11.0. The van der Waals surface area contributed by atoms with E-state index in [2.05, 4.69) is 5.32 Å². The van der Waals surface area contributed by atoms with E-state index in [1.807, 2.05) is 42.5 Å². The summed E-state index contributed by atoms with van der Waals surface area (Å²) in [5.41, 5.74) is 1.56. The van der Waals surface area contributed by atoms with Crippen molar-refractivity contribution in [1.29, 1.82) is 0 Å². The van der Waals surface area contributed by atoms with Crippen LogP contribution in [0.25, 0.3) is 11.3 Å².